The summed E-state index contributed by atoms with van der Waals surface area (Å²) in [5, 5.41) is 11.2. The molecular formula is C26H33NO10Sn. The molecule has 2 radical (unpaired) electrons. The molecule has 2 atom stereocenters. The predicted octanol–water partition coefficient (Wildman–Crippen LogP) is 4.16. The molecule has 0 saturated heterocycles. The fourth-order valence-corrected chi connectivity index (χ4v) is 5.53. The van der Waals surface area contributed by atoms with Gasteiger partial charge < -0.3 is 4.74 Å². The molecule has 0 fully saturated rings. The number of carbonyl (C=O) groups excluding carboxylic acids is 3. The topological polar surface area (TPSA) is 141 Å². The van der Waals surface area contributed by atoms with Gasteiger partial charge in [0.1, 0.15) is 5.75 Å². The Morgan fingerprint density at radius 2 is 1.71 bits per heavy atom. The molecule has 206 valence electrons. The van der Waals surface area contributed by atoms with Gasteiger partial charge in [0.15, 0.2) is 0 Å². The van der Waals surface area contributed by atoms with E-state index >= 15 is 0 Å². The molecule has 11 nitrogen and oxygen atoms in total. The standard InChI is InChI=1S/C22H26O7.C4H8NO3.Sn/c1-13(15-6-7-17-11-18(27-5)9-8-16(17)10-15)20(25)28-14(2)21(26)29-22(3,4)12-19(23)24;1-2-3-4-8-5(6)7;/h6-11,13-14H,12H2,1-5H3,(H,23,24);1-4H2;/q;;+1/p-1. The zero-order chi connectivity index (χ0) is 28.3. The van der Waals surface area contributed by atoms with Crippen LogP contribution in [0.3, 0.4) is 0 Å². The molecule has 0 aliphatic heterocycles. The average molecular weight is 638 g/mol. The fourth-order valence-electron chi connectivity index (χ4n) is 3.44. The van der Waals surface area contributed by atoms with Crippen LogP contribution in [0.4, 0.5) is 0 Å². The van der Waals surface area contributed by atoms with Crippen LogP contribution in [0.2, 0.25) is 4.44 Å². The number of nitrogens with zero attached hydrogens (tertiary/aromatic N) is 1. The normalized spacial score (nSPS) is 12.8. The molecule has 0 spiro atoms. The monoisotopic (exact) mass is 639 g/mol. The molecule has 0 amide bonds. The van der Waals surface area contributed by atoms with Gasteiger partial charge in [-0.3, -0.25) is 0 Å². The number of hydrogen-bond donors (Lipinski definition) is 0. The van der Waals surface area contributed by atoms with E-state index in [-0.39, 0.29) is 13.0 Å². The minimum absolute atomic E-state index is 0.0167. The van der Waals surface area contributed by atoms with Crippen LogP contribution < -0.4 is 4.74 Å². The first-order valence-electron chi connectivity index (χ1n) is 12.1. The molecule has 0 bridgehead atoms. The first-order chi connectivity index (χ1) is 17.9. The minimum Gasteiger partial charge on any atom is -0.0539 e. The summed E-state index contributed by atoms with van der Waals surface area (Å²) in [4.78, 5) is 51.8. The molecule has 2 aromatic carbocycles. The molecule has 12 heteroatoms. The number of esters is 2. The number of hydrogen-bond acceptors (Lipinski definition) is 10. The molecule has 0 aliphatic rings. The number of fused-ring (bicyclic) bond motifs is 1. The van der Waals surface area contributed by atoms with E-state index in [1.54, 1.807) is 27.9 Å². The smallest absolute Gasteiger partial charge is 0.0539 e. The Morgan fingerprint density at radius 1 is 1.03 bits per heavy atom. The van der Waals surface area contributed by atoms with Crippen molar-refractivity contribution in [3.05, 3.63) is 52.1 Å². The summed E-state index contributed by atoms with van der Waals surface area (Å²) < 4.78 is 22.0. The quantitative estimate of drug-likeness (QED) is 0.0919. The summed E-state index contributed by atoms with van der Waals surface area (Å²) in [5.41, 5.74) is -0.412. The van der Waals surface area contributed by atoms with Crippen LogP contribution in [0.5, 0.6) is 5.75 Å². The van der Waals surface area contributed by atoms with Gasteiger partial charge in [-0.25, -0.2) is 0 Å². The van der Waals surface area contributed by atoms with E-state index in [4.69, 9.17) is 17.3 Å². The Bertz CT molecular complexity index is 1140. The zero-order valence-corrected chi connectivity index (χ0v) is 25.0. The van der Waals surface area contributed by atoms with Crippen LogP contribution in [0.15, 0.2) is 36.4 Å². The number of unbranched alkanes of at least 4 members (excludes halogenated alkanes) is 1. The molecule has 0 saturated carbocycles. The van der Waals surface area contributed by atoms with Crippen molar-refractivity contribution >= 4 is 50.2 Å². The van der Waals surface area contributed by atoms with E-state index in [0.29, 0.717) is 17.3 Å². The SMILES string of the molecule is COc1ccc2cc(C(C)C(=O)OC(C)C(=O)OC(C)(C)CC(=O)[O][Sn][CH2]CCCO[N+](=O)[O-])ccc2c1. The van der Waals surface area contributed by atoms with Gasteiger partial charge in [0.05, 0.1) is 7.11 Å². The summed E-state index contributed by atoms with van der Waals surface area (Å²) in [6, 6.07) is 11.3. The average Bonchev–Trinajstić information content (AvgIpc) is 2.86. The third-order valence-corrected chi connectivity index (χ3v) is 8.21. The van der Waals surface area contributed by atoms with E-state index in [9.17, 15) is 24.5 Å². The molecule has 38 heavy (non-hydrogen) atoms. The van der Waals surface area contributed by atoms with Crippen molar-refractivity contribution in [1.29, 1.82) is 0 Å². The van der Waals surface area contributed by atoms with Crippen LogP contribution in [0, 0.1) is 10.1 Å². The Hall–Kier alpha value is -3.09. The van der Waals surface area contributed by atoms with Crippen molar-refractivity contribution in [2.24, 2.45) is 0 Å². The van der Waals surface area contributed by atoms with Crippen LogP contribution >= 0.6 is 0 Å². The second-order valence-electron chi connectivity index (χ2n) is 9.26. The van der Waals surface area contributed by atoms with Crippen molar-refractivity contribution in [3.8, 4) is 5.75 Å². The predicted molar refractivity (Wildman–Crippen MR) is 138 cm³/mol. The zero-order valence-electron chi connectivity index (χ0n) is 22.2. The maximum absolute atomic E-state index is 12.7. The Kier molecular flexibility index (Phi) is 12.1. The summed E-state index contributed by atoms with van der Waals surface area (Å²) in [7, 11) is 1.60. The summed E-state index contributed by atoms with van der Waals surface area (Å²) >= 11 is -1.44. The van der Waals surface area contributed by atoms with Gasteiger partial charge in [0.25, 0.3) is 0 Å². The van der Waals surface area contributed by atoms with Gasteiger partial charge in [-0.1, -0.05) is 12.1 Å². The Morgan fingerprint density at radius 3 is 2.39 bits per heavy atom. The van der Waals surface area contributed by atoms with Crippen molar-refractivity contribution in [1.82, 2.24) is 0 Å². The molecule has 0 N–H and O–H groups in total. The molecule has 0 aliphatic carbocycles. The molecule has 2 unspecified atom stereocenters. The van der Waals surface area contributed by atoms with Gasteiger partial charge in [-0.15, -0.1) is 0 Å². The minimum atomic E-state index is -1.44. The third kappa shape index (κ3) is 10.3. The molecule has 0 aromatic heterocycles. The van der Waals surface area contributed by atoms with Crippen molar-refractivity contribution in [3.63, 3.8) is 0 Å². The van der Waals surface area contributed by atoms with Crippen molar-refractivity contribution in [2.45, 2.75) is 69.0 Å². The summed E-state index contributed by atoms with van der Waals surface area (Å²) in [5.74, 6) is -1.70. The molecular weight excluding hydrogens is 605 g/mol. The summed E-state index contributed by atoms with van der Waals surface area (Å²) in [6.45, 7) is 6.29. The van der Waals surface area contributed by atoms with E-state index in [2.05, 4.69) is 4.84 Å². The van der Waals surface area contributed by atoms with Gasteiger partial charge >= 0.3 is 180 Å². The first kappa shape index (κ1) is 31.1. The first-order valence-corrected chi connectivity index (χ1v) is 15.3. The third-order valence-electron chi connectivity index (χ3n) is 5.55. The van der Waals surface area contributed by atoms with Crippen LogP contribution in [-0.2, 0) is 31.8 Å². The van der Waals surface area contributed by atoms with Crippen LogP contribution in [0.1, 0.15) is 58.4 Å². The van der Waals surface area contributed by atoms with Crippen molar-refractivity contribution in [2.75, 3.05) is 13.7 Å². The second kappa shape index (κ2) is 14.7. The maximum atomic E-state index is 12.7. The second-order valence-corrected chi connectivity index (χ2v) is 12.1. The Balaban J connectivity index is 1.80. The van der Waals surface area contributed by atoms with Gasteiger partial charge in [0, 0.05) is 0 Å². The number of ether oxygens (including phenoxy) is 3. The van der Waals surface area contributed by atoms with E-state index < -0.39 is 62.2 Å². The fraction of sp³-hybridized carbons (Fsp3) is 0.500. The number of carbonyl (C=O) groups is 3. The molecule has 2 rings (SSSR count). The van der Waals surface area contributed by atoms with E-state index in [1.807, 2.05) is 36.4 Å². The number of rotatable bonds is 15. The molecule has 2 aromatic rings. The van der Waals surface area contributed by atoms with E-state index in [1.165, 1.54) is 6.92 Å². The van der Waals surface area contributed by atoms with Gasteiger partial charge in [0.2, 0.25) is 0 Å². The number of benzene rings is 2. The van der Waals surface area contributed by atoms with Crippen molar-refractivity contribution < 1.29 is 41.6 Å². The van der Waals surface area contributed by atoms with Crippen LogP contribution in [0.25, 0.3) is 10.8 Å². The van der Waals surface area contributed by atoms with Gasteiger partial charge in [-0.2, -0.15) is 0 Å². The number of methoxy groups -OCH3 is 1. The van der Waals surface area contributed by atoms with E-state index in [0.717, 1.165) is 22.1 Å². The Labute approximate surface area is 232 Å². The summed E-state index contributed by atoms with van der Waals surface area (Å²) in [6.07, 6.45) is -0.139. The van der Waals surface area contributed by atoms with Gasteiger partial charge in [-0.05, 0) is 22.9 Å². The molecule has 0 heterocycles. The van der Waals surface area contributed by atoms with Crippen LogP contribution in [-0.4, -0.2) is 70.0 Å².